The van der Waals surface area contributed by atoms with Crippen molar-refractivity contribution >= 4 is 16.0 Å². The molecule has 0 radical (unpaired) electrons. The van der Waals surface area contributed by atoms with Gasteiger partial charge in [0, 0.05) is 17.6 Å². The average molecular weight is 477 g/mol. The summed E-state index contributed by atoms with van der Waals surface area (Å²) in [6, 6.07) is 12.1. The Bertz CT molecular complexity index is 1110. The van der Waals surface area contributed by atoms with Gasteiger partial charge in [-0.2, -0.15) is 8.42 Å². The zero-order valence-corrected chi connectivity index (χ0v) is 18.8. The molecule has 0 saturated carbocycles. The minimum Gasteiger partial charge on any atom is -0.390 e. The van der Waals surface area contributed by atoms with Crippen LogP contribution in [0.25, 0.3) is 10.4 Å². The highest BCUT2D eigenvalue weighted by Gasteiger charge is 2.46. The minimum absolute atomic E-state index is 0.0544. The van der Waals surface area contributed by atoms with Crippen molar-refractivity contribution in [3.05, 3.63) is 76.2 Å². The molecule has 3 rings (SSSR count). The molecule has 11 nitrogen and oxygen atoms in total. The lowest BCUT2D eigenvalue weighted by atomic mass is 9.94. The number of aliphatic hydroxyl groups excluding tert-OH is 1. The molecule has 12 heteroatoms. The van der Waals surface area contributed by atoms with Crippen LogP contribution in [0.3, 0.4) is 0 Å². The molecule has 1 aliphatic rings. The number of ether oxygens (including phenoxy) is 2. The van der Waals surface area contributed by atoms with Gasteiger partial charge in [0.05, 0.1) is 29.7 Å². The summed E-state index contributed by atoms with van der Waals surface area (Å²) < 4.78 is 41.0. The van der Waals surface area contributed by atoms with Crippen LogP contribution in [0.5, 0.6) is 0 Å². The Morgan fingerprint density at radius 1 is 1.21 bits per heavy atom. The summed E-state index contributed by atoms with van der Waals surface area (Å²) in [6.45, 7) is 1.26. The molecule has 176 valence electrons. The fraction of sp³-hybridized carbons (Fsp3) is 0.381. The molecule has 2 aromatic carbocycles. The lowest BCUT2D eigenvalue weighted by Crippen LogP contribution is -2.64. The van der Waals surface area contributed by atoms with E-state index in [4.69, 9.17) is 19.2 Å². The summed E-state index contributed by atoms with van der Waals surface area (Å²) in [5.41, 5.74) is 10.2. The molecule has 33 heavy (non-hydrogen) atoms. The maximum Gasteiger partial charge on any atom is 0.297 e. The number of benzene rings is 2. The Hall–Kier alpha value is -2.99. The number of azide groups is 1. The second kappa shape index (κ2) is 10.8. The topological polar surface area (TPSA) is 160 Å². The predicted molar refractivity (Wildman–Crippen MR) is 117 cm³/mol. The summed E-state index contributed by atoms with van der Waals surface area (Å²) in [7, 11) is -2.82. The van der Waals surface area contributed by atoms with E-state index in [0.29, 0.717) is 5.56 Å². The van der Waals surface area contributed by atoms with Crippen LogP contribution in [0.1, 0.15) is 15.9 Å². The van der Waals surface area contributed by atoms with Gasteiger partial charge in [-0.25, -0.2) is 0 Å². The Kier molecular flexibility index (Phi) is 8.03. The zero-order chi connectivity index (χ0) is 24.0. The Morgan fingerprint density at radius 2 is 1.88 bits per heavy atom. The van der Waals surface area contributed by atoms with Crippen molar-refractivity contribution in [2.45, 2.75) is 42.4 Å². The van der Waals surface area contributed by atoms with E-state index in [1.54, 1.807) is 42.5 Å². The highest BCUT2D eigenvalue weighted by atomic mass is 32.2. The SMILES string of the molecule is CO[C@@H]1O[C@@H](COS(=O)(=O)c2ccc(C)cc2)[C@@H](O)[C@H](N=[N+]=[N-])[C@@H]1NC(=O)c1ccccc1. The normalized spacial score (nSPS) is 25.1. The van der Waals surface area contributed by atoms with Crippen molar-refractivity contribution in [2.24, 2.45) is 5.11 Å². The summed E-state index contributed by atoms with van der Waals surface area (Å²) in [5.74, 6) is -0.492. The lowest BCUT2D eigenvalue weighted by Gasteiger charge is -2.42. The van der Waals surface area contributed by atoms with Gasteiger partial charge in [0.2, 0.25) is 0 Å². The first-order valence-electron chi connectivity index (χ1n) is 9.99. The van der Waals surface area contributed by atoms with E-state index in [-0.39, 0.29) is 4.90 Å². The van der Waals surface area contributed by atoms with Gasteiger partial charge < -0.3 is 19.9 Å². The van der Waals surface area contributed by atoms with Gasteiger partial charge in [0.15, 0.2) is 6.29 Å². The van der Waals surface area contributed by atoms with Gasteiger partial charge in [-0.1, -0.05) is 41.0 Å². The minimum atomic E-state index is -4.13. The summed E-state index contributed by atoms with van der Waals surface area (Å²) >= 11 is 0. The van der Waals surface area contributed by atoms with E-state index in [1.807, 2.05) is 6.92 Å². The molecule has 1 aliphatic heterocycles. The number of amides is 1. The first-order valence-corrected chi connectivity index (χ1v) is 11.4. The van der Waals surface area contributed by atoms with E-state index in [2.05, 4.69) is 15.3 Å². The quantitative estimate of drug-likeness (QED) is 0.255. The van der Waals surface area contributed by atoms with Gasteiger partial charge in [-0.05, 0) is 36.7 Å². The second-order valence-electron chi connectivity index (χ2n) is 7.38. The molecule has 0 spiro atoms. The monoisotopic (exact) mass is 476 g/mol. The van der Waals surface area contributed by atoms with Crippen LogP contribution in [-0.4, -0.2) is 63.7 Å². The van der Waals surface area contributed by atoms with Crippen molar-refractivity contribution in [2.75, 3.05) is 13.7 Å². The second-order valence-corrected chi connectivity index (χ2v) is 9.00. The first-order chi connectivity index (χ1) is 15.8. The molecule has 1 saturated heterocycles. The Morgan fingerprint density at radius 3 is 2.48 bits per heavy atom. The molecule has 5 atom stereocenters. The zero-order valence-electron chi connectivity index (χ0n) is 17.9. The summed E-state index contributed by atoms with van der Waals surface area (Å²) in [6.07, 6.45) is -3.84. The van der Waals surface area contributed by atoms with Crippen molar-refractivity contribution < 1.29 is 32.0 Å². The molecule has 1 heterocycles. The van der Waals surface area contributed by atoms with Crippen molar-refractivity contribution in [1.82, 2.24) is 5.32 Å². The highest BCUT2D eigenvalue weighted by Crippen LogP contribution is 2.26. The van der Waals surface area contributed by atoms with Gasteiger partial charge in [0.25, 0.3) is 16.0 Å². The summed E-state index contributed by atoms with van der Waals surface area (Å²) in [4.78, 5) is 15.3. The molecular weight excluding hydrogens is 452 g/mol. The molecule has 0 bridgehead atoms. The fourth-order valence-corrected chi connectivity index (χ4v) is 4.30. The highest BCUT2D eigenvalue weighted by molar-refractivity contribution is 7.86. The maximum absolute atomic E-state index is 12.6. The maximum atomic E-state index is 12.6. The number of aryl methyl sites for hydroxylation is 1. The molecule has 2 N–H and O–H groups in total. The number of rotatable bonds is 8. The molecule has 2 aromatic rings. The number of carbonyl (C=O) groups excluding carboxylic acids is 1. The number of carbonyl (C=O) groups is 1. The molecule has 0 aliphatic carbocycles. The molecular formula is C21H24N4O7S. The third kappa shape index (κ3) is 5.88. The van der Waals surface area contributed by atoms with E-state index in [9.17, 15) is 18.3 Å². The standard InChI is InChI=1S/C21H24N4O7S/c1-13-8-10-15(11-9-13)33(28,29)31-12-16-19(26)17(24-25-22)18(21(30-2)32-16)23-20(27)14-6-4-3-5-7-14/h3-11,16-19,21,26H,12H2,1-2H3,(H,23,27)/t16-,17+,18-,19+,21+/m0/s1. The third-order valence-electron chi connectivity index (χ3n) is 5.15. The molecule has 0 unspecified atom stereocenters. The largest absolute Gasteiger partial charge is 0.390 e. The Labute approximate surface area is 191 Å². The van der Waals surface area contributed by atoms with Crippen molar-refractivity contribution in [3.8, 4) is 0 Å². The number of nitrogens with one attached hydrogen (secondary N) is 1. The van der Waals surface area contributed by atoms with Gasteiger partial charge in [0.1, 0.15) is 6.10 Å². The van der Waals surface area contributed by atoms with Crippen LogP contribution in [0.4, 0.5) is 0 Å². The number of methoxy groups -OCH3 is 1. The van der Waals surface area contributed by atoms with E-state index in [1.165, 1.54) is 19.2 Å². The number of aliphatic hydroxyl groups is 1. The van der Waals surface area contributed by atoms with Crippen molar-refractivity contribution in [1.29, 1.82) is 0 Å². The van der Waals surface area contributed by atoms with Crippen LogP contribution >= 0.6 is 0 Å². The fourth-order valence-electron chi connectivity index (χ4n) is 3.38. The van der Waals surface area contributed by atoms with Crippen LogP contribution < -0.4 is 5.32 Å². The third-order valence-corrected chi connectivity index (χ3v) is 6.44. The van der Waals surface area contributed by atoms with Crippen LogP contribution in [0.2, 0.25) is 0 Å². The van der Waals surface area contributed by atoms with Gasteiger partial charge in [-0.15, -0.1) is 0 Å². The molecule has 1 amide bonds. The van der Waals surface area contributed by atoms with Crippen LogP contribution in [0, 0.1) is 6.92 Å². The molecule has 0 aromatic heterocycles. The smallest absolute Gasteiger partial charge is 0.297 e. The lowest BCUT2D eigenvalue weighted by molar-refractivity contribution is -0.234. The van der Waals surface area contributed by atoms with E-state index in [0.717, 1.165) is 5.56 Å². The van der Waals surface area contributed by atoms with Gasteiger partial charge >= 0.3 is 0 Å². The van der Waals surface area contributed by atoms with E-state index < -0.39 is 53.2 Å². The van der Waals surface area contributed by atoms with Gasteiger partial charge in [-0.3, -0.25) is 8.98 Å². The van der Waals surface area contributed by atoms with Crippen LogP contribution in [-0.2, 0) is 23.8 Å². The average Bonchev–Trinajstić information content (AvgIpc) is 2.81. The van der Waals surface area contributed by atoms with Crippen molar-refractivity contribution in [3.63, 3.8) is 0 Å². The predicted octanol–water partition coefficient (Wildman–Crippen LogP) is 1.91. The number of hydrogen-bond acceptors (Lipinski definition) is 8. The summed E-state index contributed by atoms with van der Waals surface area (Å²) in [5, 5.41) is 17.0. The Balaban J connectivity index is 1.76. The first kappa shape index (κ1) is 24.6. The van der Waals surface area contributed by atoms with E-state index >= 15 is 0 Å². The molecule has 1 fully saturated rings. The number of hydrogen-bond donors (Lipinski definition) is 2. The number of nitrogens with zero attached hydrogens (tertiary/aromatic N) is 3. The van der Waals surface area contributed by atoms with Crippen LogP contribution in [0.15, 0.2) is 64.6 Å².